The highest BCUT2D eigenvalue weighted by Gasteiger charge is 2.14. The maximum atomic E-state index is 11.2. The van der Waals surface area contributed by atoms with Gasteiger partial charge in [-0.1, -0.05) is 6.92 Å². The summed E-state index contributed by atoms with van der Waals surface area (Å²) in [6.07, 6.45) is 3.22. The van der Waals surface area contributed by atoms with E-state index in [2.05, 4.69) is 14.8 Å². The predicted molar refractivity (Wildman–Crippen MR) is 56.2 cm³/mol. The SMILES string of the molecule is CCNS(=O)(=O)NCC[C@@H]1CCCN1. The molecule has 0 aromatic rings. The van der Waals surface area contributed by atoms with Gasteiger partial charge in [0.2, 0.25) is 0 Å². The molecule has 1 heterocycles. The molecule has 0 aromatic heterocycles. The van der Waals surface area contributed by atoms with Gasteiger partial charge >= 0.3 is 0 Å². The lowest BCUT2D eigenvalue weighted by Gasteiger charge is -2.10. The Morgan fingerprint density at radius 2 is 2.21 bits per heavy atom. The normalized spacial score (nSPS) is 22.8. The standard InChI is InChI=1S/C8H19N3O2S/c1-2-10-14(12,13)11-7-5-8-4-3-6-9-8/h8-11H,2-7H2,1H3/t8-/m0/s1. The third-order valence-electron chi connectivity index (χ3n) is 2.28. The van der Waals surface area contributed by atoms with Crippen LogP contribution in [-0.2, 0) is 10.2 Å². The largest absolute Gasteiger partial charge is 0.314 e. The van der Waals surface area contributed by atoms with Crippen LogP contribution in [0.1, 0.15) is 26.2 Å². The summed E-state index contributed by atoms with van der Waals surface area (Å²) in [5.41, 5.74) is 0. The van der Waals surface area contributed by atoms with Crippen LogP contribution in [0, 0.1) is 0 Å². The fourth-order valence-electron chi connectivity index (χ4n) is 1.61. The monoisotopic (exact) mass is 221 g/mol. The lowest BCUT2D eigenvalue weighted by Crippen LogP contribution is -2.38. The molecule has 1 saturated heterocycles. The van der Waals surface area contributed by atoms with E-state index in [0.29, 0.717) is 19.1 Å². The lowest BCUT2D eigenvalue weighted by molar-refractivity contribution is 0.534. The van der Waals surface area contributed by atoms with E-state index in [1.807, 2.05) is 0 Å². The molecule has 3 N–H and O–H groups in total. The van der Waals surface area contributed by atoms with Crippen LogP contribution in [0.15, 0.2) is 0 Å². The van der Waals surface area contributed by atoms with Crippen LogP contribution < -0.4 is 14.8 Å². The van der Waals surface area contributed by atoms with Gasteiger partial charge in [-0.2, -0.15) is 8.42 Å². The van der Waals surface area contributed by atoms with Crippen molar-refractivity contribution in [1.29, 1.82) is 0 Å². The number of hydrogen-bond donors (Lipinski definition) is 3. The van der Waals surface area contributed by atoms with Crippen molar-refractivity contribution in [3.05, 3.63) is 0 Å². The van der Waals surface area contributed by atoms with Crippen molar-refractivity contribution in [3.8, 4) is 0 Å². The van der Waals surface area contributed by atoms with E-state index in [4.69, 9.17) is 0 Å². The van der Waals surface area contributed by atoms with Gasteiger partial charge in [-0.3, -0.25) is 0 Å². The Bertz CT molecular complexity index is 247. The molecule has 0 unspecified atom stereocenters. The summed E-state index contributed by atoms with van der Waals surface area (Å²) in [5.74, 6) is 0. The van der Waals surface area contributed by atoms with Crippen molar-refractivity contribution in [2.24, 2.45) is 0 Å². The zero-order chi connectivity index (χ0) is 10.4. The highest BCUT2D eigenvalue weighted by atomic mass is 32.2. The van der Waals surface area contributed by atoms with E-state index in [1.54, 1.807) is 6.92 Å². The van der Waals surface area contributed by atoms with Crippen LogP contribution in [0.25, 0.3) is 0 Å². The molecule has 0 spiro atoms. The van der Waals surface area contributed by atoms with Crippen molar-refractivity contribution >= 4 is 10.2 Å². The van der Waals surface area contributed by atoms with E-state index in [0.717, 1.165) is 19.4 Å². The quantitative estimate of drug-likeness (QED) is 0.570. The van der Waals surface area contributed by atoms with Gasteiger partial charge in [-0.15, -0.1) is 0 Å². The first-order chi connectivity index (χ1) is 6.64. The fourth-order valence-corrected chi connectivity index (χ4v) is 2.48. The molecule has 1 atom stereocenters. The van der Waals surface area contributed by atoms with Gasteiger partial charge in [0.1, 0.15) is 0 Å². The molecule has 5 nitrogen and oxygen atoms in total. The van der Waals surface area contributed by atoms with Crippen LogP contribution in [0.4, 0.5) is 0 Å². The van der Waals surface area contributed by atoms with Crippen LogP contribution >= 0.6 is 0 Å². The van der Waals surface area contributed by atoms with Gasteiger partial charge in [0, 0.05) is 19.1 Å². The van der Waals surface area contributed by atoms with Crippen LogP contribution in [0.5, 0.6) is 0 Å². The molecule has 0 saturated carbocycles. The highest BCUT2D eigenvalue weighted by molar-refractivity contribution is 7.87. The summed E-state index contributed by atoms with van der Waals surface area (Å²) >= 11 is 0. The topological polar surface area (TPSA) is 70.2 Å². The molecule has 0 aromatic carbocycles. The zero-order valence-corrected chi connectivity index (χ0v) is 9.36. The maximum absolute atomic E-state index is 11.2. The van der Waals surface area contributed by atoms with Gasteiger partial charge in [0.15, 0.2) is 0 Å². The zero-order valence-electron chi connectivity index (χ0n) is 8.54. The molecule has 1 rings (SSSR count). The molecule has 84 valence electrons. The van der Waals surface area contributed by atoms with E-state index in [-0.39, 0.29) is 0 Å². The summed E-state index contributed by atoms with van der Waals surface area (Å²) in [4.78, 5) is 0. The predicted octanol–water partition coefficient (Wildman–Crippen LogP) is -0.428. The molecular weight excluding hydrogens is 202 g/mol. The van der Waals surface area contributed by atoms with Gasteiger partial charge in [0.25, 0.3) is 10.2 Å². The Morgan fingerprint density at radius 3 is 2.79 bits per heavy atom. The van der Waals surface area contributed by atoms with Gasteiger partial charge in [0.05, 0.1) is 0 Å². The Labute approximate surface area is 85.8 Å². The van der Waals surface area contributed by atoms with Crippen molar-refractivity contribution in [3.63, 3.8) is 0 Å². The molecule has 14 heavy (non-hydrogen) atoms. The van der Waals surface area contributed by atoms with E-state index in [1.165, 1.54) is 6.42 Å². The Balaban J connectivity index is 2.13. The summed E-state index contributed by atoms with van der Waals surface area (Å²) in [5, 5.41) is 3.32. The summed E-state index contributed by atoms with van der Waals surface area (Å²) in [6.45, 7) is 3.76. The smallest absolute Gasteiger partial charge is 0.276 e. The minimum absolute atomic E-state index is 0.428. The Kier molecular flexibility index (Phi) is 4.80. The molecule has 0 aliphatic carbocycles. The van der Waals surface area contributed by atoms with E-state index in [9.17, 15) is 8.42 Å². The van der Waals surface area contributed by atoms with E-state index >= 15 is 0 Å². The average molecular weight is 221 g/mol. The number of rotatable bonds is 6. The first kappa shape index (κ1) is 11.9. The molecule has 0 bridgehead atoms. The second kappa shape index (κ2) is 5.65. The number of hydrogen-bond acceptors (Lipinski definition) is 3. The van der Waals surface area contributed by atoms with Gasteiger partial charge in [-0.25, -0.2) is 9.44 Å². The second-order valence-corrected chi connectivity index (χ2v) is 5.06. The van der Waals surface area contributed by atoms with Crippen LogP contribution in [0.2, 0.25) is 0 Å². The third-order valence-corrected chi connectivity index (χ3v) is 3.53. The van der Waals surface area contributed by atoms with Gasteiger partial charge < -0.3 is 5.32 Å². The first-order valence-corrected chi connectivity index (χ1v) is 6.60. The average Bonchev–Trinajstić information content (AvgIpc) is 2.56. The van der Waals surface area contributed by atoms with Crippen LogP contribution in [-0.4, -0.2) is 34.1 Å². The molecule has 0 radical (unpaired) electrons. The Hall–Kier alpha value is -0.170. The lowest BCUT2D eigenvalue weighted by atomic mass is 10.2. The summed E-state index contributed by atoms with van der Waals surface area (Å²) in [6, 6.07) is 0.485. The molecule has 6 heteroatoms. The minimum atomic E-state index is -3.25. The van der Waals surface area contributed by atoms with Crippen molar-refractivity contribution in [2.75, 3.05) is 19.6 Å². The van der Waals surface area contributed by atoms with Crippen molar-refractivity contribution in [2.45, 2.75) is 32.2 Å². The molecule has 1 fully saturated rings. The Morgan fingerprint density at radius 1 is 1.43 bits per heavy atom. The van der Waals surface area contributed by atoms with Crippen molar-refractivity contribution in [1.82, 2.24) is 14.8 Å². The molecule has 0 amide bonds. The van der Waals surface area contributed by atoms with Gasteiger partial charge in [-0.05, 0) is 25.8 Å². The summed E-state index contributed by atoms with van der Waals surface area (Å²) in [7, 11) is -3.25. The first-order valence-electron chi connectivity index (χ1n) is 5.11. The second-order valence-electron chi connectivity index (χ2n) is 3.48. The van der Waals surface area contributed by atoms with E-state index < -0.39 is 10.2 Å². The fraction of sp³-hybridized carbons (Fsp3) is 1.00. The maximum Gasteiger partial charge on any atom is 0.276 e. The van der Waals surface area contributed by atoms with Crippen LogP contribution in [0.3, 0.4) is 0 Å². The molecule has 1 aliphatic rings. The third kappa shape index (κ3) is 4.36. The molecular formula is C8H19N3O2S. The molecule has 1 aliphatic heterocycles. The summed E-state index contributed by atoms with van der Waals surface area (Å²) < 4.78 is 27.2. The number of nitrogens with one attached hydrogen (secondary N) is 3. The highest BCUT2D eigenvalue weighted by Crippen LogP contribution is 2.07. The van der Waals surface area contributed by atoms with Crippen molar-refractivity contribution < 1.29 is 8.42 Å². The minimum Gasteiger partial charge on any atom is -0.314 e.